The van der Waals surface area contributed by atoms with Gasteiger partial charge in [-0.2, -0.15) is 0 Å². The van der Waals surface area contributed by atoms with Crippen LogP contribution in [-0.2, 0) is 0 Å². The van der Waals surface area contributed by atoms with Crippen molar-refractivity contribution in [3.8, 4) is 0 Å². The van der Waals surface area contributed by atoms with Crippen LogP contribution in [0, 0.1) is 6.88 Å². The van der Waals surface area contributed by atoms with Gasteiger partial charge in [-0.3, -0.25) is 0 Å². The quantitative estimate of drug-likeness (QED) is 0.348. The fourth-order valence-electron chi connectivity index (χ4n) is 4.52. The van der Waals surface area contributed by atoms with E-state index in [1.165, 1.54) is 16.9 Å². The number of anilines is 2. The first kappa shape index (κ1) is 14.4. The SMILES string of the molecule is [2H]C([2H])c1ccc2c(n1)oc1c(C3CN(c4ccccc4)c4ccccc43)cccc12. The number of para-hydroxylation sites is 3. The third-order valence-electron chi connectivity index (χ3n) is 5.83. The molecule has 3 aromatic carbocycles. The molecule has 0 radical (unpaired) electrons. The molecule has 0 aliphatic carbocycles. The number of aromatic nitrogens is 1. The summed E-state index contributed by atoms with van der Waals surface area (Å²) in [7, 11) is 0. The van der Waals surface area contributed by atoms with E-state index in [1.807, 2.05) is 12.1 Å². The Kier molecular flexibility index (Phi) is 3.09. The van der Waals surface area contributed by atoms with Gasteiger partial charge in [0.2, 0.25) is 5.71 Å². The highest BCUT2D eigenvalue weighted by atomic mass is 16.3. The monoisotopic (exact) mass is 378 g/mol. The lowest BCUT2D eigenvalue weighted by atomic mass is 9.92. The van der Waals surface area contributed by atoms with Gasteiger partial charge >= 0.3 is 0 Å². The molecule has 0 spiro atoms. The first-order valence-corrected chi connectivity index (χ1v) is 9.79. The predicted octanol–water partition coefficient (Wildman–Crippen LogP) is 6.57. The average molecular weight is 378 g/mol. The number of furan rings is 1. The molecule has 5 aromatic rings. The van der Waals surface area contributed by atoms with Crippen molar-refractivity contribution in [2.24, 2.45) is 0 Å². The maximum absolute atomic E-state index is 7.65. The van der Waals surface area contributed by atoms with E-state index in [4.69, 9.17) is 7.16 Å². The van der Waals surface area contributed by atoms with Crippen LogP contribution in [0.3, 0.4) is 0 Å². The Morgan fingerprint density at radius 2 is 1.69 bits per heavy atom. The summed E-state index contributed by atoms with van der Waals surface area (Å²) in [6.07, 6.45) is 0. The summed E-state index contributed by atoms with van der Waals surface area (Å²) in [4.78, 5) is 6.80. The second-order valence-corrected chi connectivity index (χ2v) is 7.47. The van der Waals surface area contributed by atoms with Crippen molar-refractivity contribution < 1.29 is 7.16 Å². The number of hydrogen-bond donors (Lipinski definition) is 0. The van der Waals surface area contributed by atoms with Crippen LogP contribution in [0.2, 0.25) is 0 Å². The Bertz CT molecular complexity index is 1410. The van der Waals surface area contributed by atoms with Gasteiger partial charge in [0.25, 0.3) is 0 Å². The largest absolute Gasteiger partial charge is 0.437 e. The minimum Gasteiger partial charge on any atom is -0.437 e. The third kappa shape index (κ3) is 2.47. The fraction of sp³-hybridized carbons (Fsp3) is 0.115. The Morgan fingerprint density at radius 1 is 0.862 bits per heavy atom. The lowest BCUT2D eigenvalue weighted by Crippen LogP contribution is -2.16. The zero-order valence-electron chi connectivity index (χ0n) is 17.7. The van der Waals surface area contributed by atoms with Gasteiger partial charge in [-0.05, 0) is 42.8 Å². The van der Waals surface area contributed by atoms with E-state index in [0.29, 0.717) is 11.4 Å². The van der Waals surface area contributed by atoms with Crippen LogP contribution in [0.25, 0.3) is 22.1 Å². The second kappa shape index (κ2) is 6.21. The summed E-state index contributed by atoms with van der Waals surface area (Å²) >= 11 is 0. The first-order valence-electron chi connectivity index (χ1n) is 10.9. The number of rotatable bonds is 2. The Hall–Kier alpha value is -3.59. The van der Waals surface area contributed by atoms with Crippen LogP contribution >= 0.6 is 0 Å². The predicted molar refractivity (Wildman–Crippen MR) is 118 cm³/mol. The number of aryl methyl sites for hydroxylation is 1. The van der Waals surface area contributed by atoms with E-state index in [1.54, 1.807) is 6.07 Å². The van der Waals surface area contributed by atoms with E-state index < -0.39 is 6.88 Å². The minimum absolute atomic E-state index is 0.167. The molecule has 0 saturated carbocycles. The maximum atomic E-state index is 7.65. The zero-order chi connectivity index (χ0) is 20.9. The lowest BCUT2D eigenvalue weighted by Gasteiger charge is -2.20. The van der Waals surface area contributed by atoms with E-state index in [0.717, 1.165) is 28.5 Å². The van der Waals surface area contributed by atoms with E-state index in [-0.39, 0.29) is 5.92 Å². The van der Waals surface area contributed by atoms with Gasteiger partial charge in [0.15, 0.2) is 0 Å². The summed E-state index contributed by atoms with van der Waals surface area (Å²) in [5.74, 6) is 0.167. The molecule has 0 fully saturated rings. The first-order chi connectivity index (χ1) is 15.2. The molecule has 140 valence electrons. The number of hydrogen-bond acceptors (Lipinski definition) is 3. The Morgan fingerprint density at radius 3 is 2.59 bits per heavy atom. The molecule has 1 aliphatic heterocycles. The van der Waals surface area contributed by atoms with Crippen molar-refractivity contribution >= 4 is 33.4 Å². The molecule has 6 rings (SSSR count). The number of fused-ring (bicyclic) bond motifs is 4. The zero-order valence-corrected chi connectivity index (χ0v) is 15.7. The van der Waals surface area contributed by atoms with Gasteiger partial charge in [-0.25, -0.2) is 4.98 Å². The average Bonchev–Trinajstić information content (AvgIpc) is 3.38. The number of nitrogens with zero attached hydrogens (tertiary/aromatic N) is 2. The van der Waals surface area contributed by atoms with E-state index in [9.17, 15) is 0 Å². The van der Waals surface area contributed by atoms with E-state index in [2.05, 4.69) is 76.6 Å². The summed E-state index contributed by atoms with van der Waals surface area (Å²) in [5.41, 5.74) is 6.55. The molecule has 0 N–H and O–H groups in total. The lowest BCUT2D eigenvalue weighted by molar-refractivity contribution is 0.643. The number of pyridine rings is 1. The molecule has 0 amide bonds. The van der Waals surface area contributed by atoms with Gasteiger partial charge in [-0.15, -0.1) is 0 Å². The molecule has 1 aliphatic rings. The van der Waals surface area contributed by atoms with Gasteiger partial charge in [0.05, 0.1) is 0 Å². The fourth-order valence-corrected chi connectivity index (χ4v) is 4.52. The van der Waals surface area contributed by atoms with Crippen molar-refractivity contribution in [1.29, 1.82) is 0 Å². The van der Waals surface area contributed by atoms with Gasteiger partial charge in [0.1, 0.15) is 5.58 Å². The van der Waals surface area contributed by atoms with Gasteiger partial charge in [0, 0.05) is 48.6 Å². The topological polar surface area (TPSA) is 29.3 Å². The molecule has 3 heterocycles. The highest BCUT2D eigenvalue weighted by Gasteiger charge is 2.32. The molecule has 2 aromatic heterocycles. The van der Waals surface area contributed by atoms with E-state index >= 15 is 0 Å². The highest BCUT2D eigenvalue weighted by molar-refractivity contribution is 6.05. The standard InChI is InChI=1S/C26H20N2O/c1-17-14-15-22-20-11-7-12-21(25(20)29-26(22)27-17)23-16-28(18-8-3-2-4-9-18)24-13-6-5-10-19(23)24/h2-15,23H,16H2,1H3/i1D2. The number of benzene rings is 3. The third-order valence-corrected chi connectivity index (χ3v) is 5.83. The molecular formula is C26H20N2O. The van der Waals surface area contributed by atoms with Gasteiger partial charge in [-0.1, -0.05) is 54.6 Å². The Balaban J connectivity index is 1.53. The van der Waals surface area contributed by atoms with Crippen LogP contribution in [0.4, 0.5) is 11.4 Å². The smallest absolute Gasteiger partial charge is 0.227 e. The normalized spacial score (nSPS) is 17.0. The minimum atomic E-state index is -1.13. The molecule has 0 saturated heterocycles. The molecule has 0 bridgehead atoms. The molecule has 3 heteroatoms. The summed E-state index contributed by atoms with van der Waals surface area (Å²) in [5, 5.41) is 1.95. The summed E-state index contributed by atoms with van der Waals surface area (Å²) in [6, 6.07) is 29.0. The van der Waals surface area contributed by atoms with Crippen molar-refractivity contribution in [2.75, 3.05) is 11.4 Å². The van der Waals surface area contributed by atoms with Crippen molar-refractivity contribution in [2.45, 2.75) is 12.8 Å². The molecule has 3 nitrogen and oxygen atoms in total. The summed E-state index contributed by atoms with van der Waals surface area (Å²) < 4.78 is 21.5. The molecule has 29 heavy (non-hydrogen) atoms. The molecule has 1 atom stereocenters. The van der Waals surface area contributed by atoms with Crippen LogP contribution in [-0.4, -0.2) is 11.5 Å². The molecular weight excluding hydrogens is 356 g/mol. The highest BCUT2D eigenvalue weighted by Crippen LogP contribution is 2.46. The maximum Gasteiger partial charge on any atom is 0.227 e. The van der Waals surface area contributed by atoms with Crippen LogP contribution in [0.5, 0.6) is 0 Å². The second-order valence-electron chi connectivity index (χ2n) is 7.47. The molecule has 1 unspecified atom stereocenters. The van der Waals surface area contributed by atoms with Crippen molar-refractivity contribution in [3.05, 3.63) is 102 Å². The van der Waals surface area contributed by atoms with Crippen LogP contribution in [0.1, 0.15) is 25.5 Å². The van der Waals surface area contributed by atoms with Crippen molar-refractivity contribution in [1.82, 2.24) is 4.98 Å². The van der Waals surface area contributed by atoms with Crippen LogP contribution in [0.15, 0.2) is 89.3 Å². The summed E-state index contributed by atoms with van der Waals surface area (Å²) in [6.45, 7) is -0.294. The van der Waals surface area contributed by atoms with Crippen molar-refractivity contribution in [3.63, 3.8) is 0 Å². The Labute approximate surface area is 172 Å². The van der Waals surface area contributed by atoms with Gasteiger partial charge < -0.3 is 9.32 Å². The van der Waals surface area contributed by atoms with Crippen LogP contribution < -0.4 is 4.90 Å².